The van der Waals surface area contributed by atoms with E-state index in [9.17, 15) is 0 Å². The molecular weight excluding hydrogens is 542 g/mol. The number of aryl methyl sites for hydroxylation is 2. The van der Waals surface area contributed by atoms with Crippen molar-refractivity contribution in [1.29, 1.82) is 0 Å². The van der Waals surface area contributed by atoms with Crippen LogP contribution in [0.1, 0.15) is 72.9 Å². The fourth-order valence-electron chi connectivity index (χ4n) is 9.14. The zero-order valence-corrected chi connectivity index (χ0v) is 26.7. The third-order valence-corrected chi connectivity index (χ3v) is 11.3. The van der Waals surface area contributed by atoms with Crippen molar-refractivity contribution < 1.29 is 0 Å². The Bertz CT molecular complexity index is 2170. The van der Waals surface area contributed by atoms with Gasteiger partial charge in [0.1, 0.15) is 0 Å². The predicted molar refractivity (Wildman–Crippen MR) is 190 cm³/mol. The van der Waals surface area contributed by atoms with Crippen LogP contribution in [0.5, 0.6) is 0 Å². The molecule has 3 aliphatic rings. The number of hydrogen-bond acceptors (Lipinski definition) is 1. The van der Waals surface area contributed by atoms with Crippen LogP contribution in [0.3, 0.4) is 0 Å². The summed E-state index contributed by atoms with van der Waals surface area (Å²) in [7, 11) is 0. The third kappa shape index (κ3) is 3.73. The average molecular weight is 582 g/mol. The van der Waals surface area contributed by atoms with Crippen LogP contribution < -0.4 is 4.90 Å². The molecule has 1 saturated carbocycles. The van der Waals surface area contributed by atoms with Gasteiger partial charge in [0.25, 0.3) is 0 Å². The number of rotatable bonds is 3. The molecule has 0 amide bonds. The van der Waals surface area contributed by atoms with Gasteiger partial charge in [-0.3, -0.25) is 0 Å². The molecule has 220 valence electrons. The summed E-state index contributed by atoms with van der Waals surface area (Å²) in [5, 5.41) is 2.58. The Kier molecular flexibility index (Phi) is 5.61. The second-order valence-corrected chi connectivity index (χ2v) is 14.3. The van der Waals surface area contributed by atoms with Crippen LogP contribution in [0.2, 0.25) is 0 Å². The second kappa shape index (κ2) is 9.44. The first-order valence-electron chi connectivity index (χ1n) is 16.7. The maximum atomic E-state index is 2.56. The summed E-state index contributed by atoms with van der Waals surface area (Å²) in [6, 6.07) is 44.3. The van der Waals surface area contributed by atoms with Crippen molar-refractivity contribution in [2.45, 2.75) is 64.2 Å². The van der Waals surface area contributed by atoms with E-state index >= 15 is 0 Å². The molecule has 3 aliphatic carbocycles. The second-order valence-electron chi connectivity index (χ2n) is 14.3. The first-order chi connectivity index (χ1) is 21.8. The predicted octanol–water partition coefficient (Wildman–Crippen LogP) is 12.1. The maximum Gasteiger partial charge on any atom is 0.0542 e. The number of nitrogens with zero attached hydrogens (tertiary/aromatic N) is 1. The molecule has 1 heteroatoms. The Morgan fingerprint density at radius 2 is 1.11 bits per heavy atom. The van der Waals surface area contributed by atoms with Gasteiger partial charge < -0.3 is 4.90 Å². The first kappa shape index (κ1) is 26.8. The fourth-order valence-corrected chi connectivity index (χ4v) is 9.14. The normalized spacial score (nSPS) is 16.4. The van der Waals surface area contributed by atoms with Crippen molar-refractivity contribution in [2.24, 2.45) is 0 Å². The lowest BCUT2D eigenvalue weighted by atomic mass is 9.76. The first-order valence-corrected chi connectivity index (χ1v) is 16.7. The number of benzene rings is 6. The molecule has 0 unspecified atom stereocenters. The summed E-state index contributed by atoms with van der Waals surface area (Å²) in [5.74, 6) is 0. The summed E-state index contributed by atoms with van der Waals surface area (Å²) in [5.41, 5.74) is 17.8. The van der Waals surface area contributed by atoms with Gasteiger partial charge in [0, 0.05) is 27.6 Å². The minimum absolute atomic E-state index is 0.0631. The molecule has 0 N–H and O–H groups in total. The van der Waals surface area contributed by atoms with Crippen molar-refractivity contribution in [2.75, 3.05) is 4.90 Å². The average Bonchev–Trinajstić information content (AvgIpc) is 3.71. The molecule has 1 nitrogen and oxygen atoms in total. The number of anilines is 3. The van der Waals surface area contributed by atoms with E-state index < -0.39 is 0 Å². The van der Waals surface area contributed by atoms with Crippen LogP contribution in [-0.4, -0.2) is 0 Å². The standard InChI is InChI=1S/C44H39N/c1-28-15-16-30-23-29(2)25-42(37(30)24-28)45(31-17-19-35-33-11-5-7-13-38(33)43(3,4)40(35)26-31)32-18-20-36-34-12-6-8-14-39(34)44(41(36)27-32)21-9-10-22-44/h5-8,11-20,23-27H,9-10,21-22H2,1-4H3. The summed E-state index contributed by atoms with van der Waals surface area (Å²) in [6.45, 7) is 9.21. The third-order valence-electron chi connectivity index (χ3n) is 11.3. The molecule has 0 bridgehead atoms. The number of hydrogen-bond donors (Lipinski definition) is 0. The van der Waals surface area contributed by atoms with Gasteiger partial charge in [0.15, 0.2) is 0 Å². The topological polar surface area (TPSA) is 3.24 Å². The molecular formula is C44H39N. The molecule has 0 heterocycles. The molecule has 0 radical (unpaired) electrons. The highest BCUT2D eigenvalue weighted by molar-refractivity contribution is 6.01. The Balaban J connectivity index is 1.31. The van der Waals surface area contributed by atoms with Crippen molar-refractivity contribution >= 4 is 27.8 Å². The molecule has 9 rings (SSSR count). The van der Waals surface area contributed by atoms with Gasteiger partial charge in [-0.15, -0.1) is 0 Å². The lowest BCUT2D eigenvalue weighted by Crippen LogP contribution is -2.21. The van der Waals surface area contributed by atoms with Gasteiger partial charge >= 0.3 is 0 Å². The van der Waals surface area contributed by atoms with Crippen molar-refractivity contribution in [3.63, 3.8) is 0 Å². The number of fused-ring (bicyclic) bond motifs is 9. The molecule has 6 aromatic carbocycles. The highest BCUT2D eigenvalue weighted by atomic mass is 15.1. The Hall–Kier alpha value is -4.62. The van der Waals surface area contributed by atoms with Crippen molar-refractivity contribution in [3.05, 3.63) is 149 Å². The van der Waals surface area contributed by atoms with Gasteiger partial charge in [-0.05, 0) is 119 Å². The Morgan fingerprint density at radius 1 is 0.511 bits per heavy atom. The summed E-state index contributed by atoms with van der Waals surface area (Å²) >= 11 is 0. The van der Waals surface area contributed by atoms with E-state index in [-0.39, 0.29) is 10.8 Å². The smallest absolute Gasteiger partial charge is 0.0542 e. The largest absolute Gasteiger partial charge is 0.310 e. The molecule has 0 aliphatic heterocycles. The van der Waals surface area contributed by atoms with Gasteiger partial charge in [0.2, 0.25) is 0 Å². The molecule has 1 spiro atoms. The van der Waals surface area contributed by atoms with E-state index in [4.69, 9.17) is 0 Å². The Morgan fingerprint density at radius 3 is 1.84 bits per heavy atom. The minimum Gasteiger partial charge on any atom is -0.310 e. The van der Waals surface area contributed by atoms with Crippen LogP contribution in [0, 0.1) is 13.8 Å². The van der Waals surface area contributed by atoms with E-state index in [1.54, 1.807) is 0 Å². The highest BCUT2D eigenvalue weighted by Crippen LogP contribution is 2.58. The SMILES string of the molecule is Cc1cc(N(c2ccc3c(c2)C(C)(C)c2ccccc2-3)c2ccc3c(c2)C2(CCCC2)c2ccccc2-3)c2cc(C)ccc2c1. The summed E-state index contributed by atoms with van der Waals surface area (Å²) in [6.07, 6.45) is 5.06. The van der Waals surface area contributed by atoms with E-state index in [0.717, 1.165) is 0 Å². The molecule has 0 aromatic heterocycles. The maximum absolute atomic E-state index is 2.56. The van der Waals surface area contributed by atoms with Crippen LogP contribution in [0.15, 0.2) is 115 Å². The van der Waals surface area contributed by atoms with Gasteiger partial charge in [-0.1, -0.05) is 111 Å². The van der Waals surface area contributed by atoms with Crippen molar-refractivity contribution in [3.8, 4) is 22.3 Å². The van der Waals surface area contributed by atoms with Gasteiger partial charge in [-0.2, -0.15) is 0 Å². The van der Waals surface area contributed by atoms with Gasteiger partial charge in [-0.25, -0.2) is 0 Å². The molecule has 0 saturated heterocycles. The molecule has 6 aromatic rings. The quantitative estimate of drug-likeness (QED) is 0.201. The van der Waals surface area contributed by atoms with Crippen LogP contribution in [-0.2, 0) is 10.8 Å². The van der Waals surface area contributed by atoms with E-state index in [0.29, 0.717) is 0 Å². The lowest BCUT2D eigenvalue weighted by molar-refractivity contribution is 0.550. The van der Waals surface area contributed by atoms with Gasteiger partial charge in [0.05, 0.1) is 5.69 Å². The summed E-state index contributed by atoms with van der Waals surface area (Å²) < 4.78 is 0. The monoisotopic (exact) mass is 581 g/mol. The molecule has 0 atom stereocenters. The zero-order chi connectivity index (χ0) is 30.5. The minimum atomic E-state index is -0.0631. The van der Waals surface area contributed by atoms with E-state index in [1.807, 2.05) is 0 Å². The molecule has 1 fully saturated rings. The fraction of sp³-hybridized carbons (Fsp3) is 0.227. The van der Waals surface area contributed by atoms with Crippen LogP contribution in [0.25, 0.3) is 33.0 Å². The Labute approximate surface area is 267 Å². The van der Waals surface area contributed by atoms with Crippen molar-refractivity contribution in [1.82, 2.24) is 0 Å². The zero-order valence-electron chi connectivity index (χ0n) is 26.7. The van der Waals surface area contributed by atoms with E-state index in [1.165, 1.54) is 109 Å². The molecule has 45 heavy (non-hydrogen) atoms. The summed E-state index contributed by atoms with van der Waals surface area (Å²) in [4.78, 5) is 2.56. The lowest BCUT2D eigenvalue weighted by Gasteiger charge is -2.31. The highest BCUT2D eigenvalue weighted by Gasteiger charge is 2.45. The van der Waals surface area contributed by atoms with Crippen LogP contribution in [0.4, 0.5) is 17.1 Å². The van der Waals surface area contributed by atoms with Crippen LogP contribution >= 0.6 is 0 Å². The van der Waals surface area contributed by atoms with E-state index in [2.05, 4.69) is 148 Å².